The van der Waals surface area contributed by atoms with Gasteiger partial charge >= 0.3 is 5.97 Å². The first-order chi connectivity index (χ1) is 36.5. The van der Waals surface area contributed by atoms with E-state index in [-0.39, 0.29) is 18.5 Å². The smallest absolute Gasteiger partial charge is 0.305 e. The van der Waals surface area contributed by atoms with Gasteiger partial charge in [0.15, 0.2) is 0 Å². The molecule has 0 aliphatic rings. The summed E-state index contributed by atoms with van der Waals surface area (Å²) in [4.78, 5) is 24.5. The maximum absolute atomic E-state index is 12.4. The summed E-state index contributed by atoms with van der Waals surface area (Å²) in [6.07, 6.45) is 79.6. The molecule has 0 rings (SSSR count). The molecule has 0 fully saturated rings. The highest BCUT2D eigenvalue weighted by molar-refractivity contribution is 5.76. The van der Waals surface area contributed by atoms with Gasteiger partial charge in [-0.1, -0.05) is 327 Å². The van der Waals surface area contributed by atoms with Crippen LogP contribution in [0, 0.1) is 0 Å². The number of aliphatic hydroxyl groups excluding tert-OH is 2. The monoisotopic (exact) mass is 1040 g/mol. The van der Waals surface area contributed by atoms with Crippen LogP contribution >= 0.6 is 0 Å². The third-order valence-electron chi connectivity index (χ3n) is 15.7. The maximum Gasteiger partial charge on any atom is 0.305 e. The molecule has 1 amide bonds. The normalized spacial score (nSPS) is 12.6. The molecule has 0 saturated heterocycles. The standard InChI is InChI=1S/C68H131NO5/c1-3-5-7-9-11-13-15-17-18-19-32-35-38-42-46-50-54-58-62-68(73)74-63-59-55-51-47-43-39-36-33-30-28-26-24-22-20-21-23-25-27-29-31-34-37-41-45-49-53-57-61-67(72)69-65(64-70)66(71)60-56-52-48-44-40-16-14-12-10-8-6-4-2/h18-19,56,60,65-66,70-71H,3-17,20-55,57-59,61-64H2,1-2H3,(H,69,72)/b19-18-,60-56+. The molecule has 0 spiro atoms. The third kappa shape index (κ3) is 59.6. The van der Waals surface area contributed by atoms with Crippen LogP contribution in [0.4, 0.5) is 0 Å². The van der Waals surface area contributed by atoms with Gasteiger partial charge in [0.05, 0.1) is 25.4 Å². The summed E-state index contributed by atoms with van der Waals surface area (Å²) in [7, 11) is 0. The highest BCUT2D eigenvalue weighted by atomic mass is 16.5. The Balaban J connectivity index is 3.33. The molecule has 0 aromatic rings. The van der Waals surface area contributed by atoms with Crippen LogP contribution in [0.3, 0.4) is 0 Å². The molecule has 6 nitrogen and oxygen atoms in total. The Morgan fingerprint density at radius 2 is 0.635 bits per heavy atom. The Kier molecular flexibility index (Phi) is 62.4. The lowest BCUT2D eigenvalue weighted by atomic mass is 10.0. The number of aliphatic hydroxyl groups is 2. The molecule has 0 aromatic carbocycles. The van der Waals surface area contributed by atoms with Crippen LogP contribution in [0.15, 0.2) is 24.3 Å². The minimum Gasteiger partial charge on any atom is -0.466 e. The molecule has 0 heterocycles. The van der Waals surface area contributed by atoms with Crippen molar-refractivity contribution in [3.8, 4) is 0 Å². The summed E-state index contributed by atoms with van der Waals surface area (Å²) in [5, 5.41) is 23.1. The minimum atomic E-state index is -0.841. The highest BCUT2D eigenvalue weighted by Crippen LogP contribution is 2.18. The van der Waals surface area contributed by atoms with Gasteiger partial charge in [-0.2, -0.15) is 0 Å². The number of hydrogen-bond donors (Lipinski definition) is 3. The molecule has 438 valence electrons. The first kappa shape index (κ1) is 72.3. The lowest BCUT2D eigenvalue weighted by Gasteiger charge is -2.20. The van der Waals surface area contributed by atoms with E-state index in [0.29, 0.717) is 19.4 Å². The molecular formula is C68H131NO5. The van der Waals surface area contributed by atoms with Crippen LogP contribution in [0.2, 0.25) is 0 Å². The second kappa shape index (κ2) is 63.9. The summed E-state index contributed by atoms with van der Waals surface area (Å²) >= 11 is 0. The van der Waals surface area contributed by atoms with Crippen molar-refractivity contribution in [3.63, 3.8) is 0 Å². The SMILES string of the molecule is CCCCCCCCC/C=C\CCCCCCCCCC(=O)OCCCCCCCCCCCCCCCCCCCCCCCCCCCCCC(=O)NC(CO)C(O)/C=C/CCCCCCCCCCCC. The molecule has 3 N–H and O–H groups in total. The second-order valence-electron chi connectivity index (χ2n) is 23.2. The number of carbonyl (C=O) groups is 2. The molecule has 0 aliphatic carbocycles. The van der Waals surface area contributed by atoms with Crippen molar-refractivity contribution in [1.82, 2.24) is 5.32 Å². The topological polar surface area (TPSA) is 95.9 Å². The van der Waals surface area contributed by atoms with E-state index < -0.39 is 12.1 Å². The number of ether oxygens (including phenoxy) is 1. The molecule has 2 atom stereocenters. The molecule has 0 radical (unpaired) electrons. The van der Waals surface area contributed by atoms with Crippen molar-refractivity contribution < 1.29 is 24.5 Å². The van der Waals surface area contributed by atoms with Crippen molar-refractivity contribution in [1.29, 1.82) is 0 Å². The molecular weight excluding hydrogens is 911 g/mol. The van der Waals surface area contributed by atoms with Crippen molar-refractivity contribution in [2.24, 2.45) is 0 Å². The fourth-order valence-corrected chi connectivity index (χ4v) is 10.6. The summed E-state index contributed by atoms with van der Waals surface area (Å²) in [6.45, 7) is 4.92. The number of carbonyl (C=O) groups excluding carboxylic acids is 2. The summed E-state index contributed by atoms with van der Waals surface area (Å²) in [6, 6.07) is -0.624. The highest BCUT2D eigenvalue weighted by Gasteiger charge is 2.18. The van der Waals surface area contributed by atoms with E-state index >= 15 is 0 Å². The van der Waals surface area contributed by atoms with Crippen LogP contribution in [0.5, 0.6) is 0 Å². The van der Waals surface area contributed by atoms with Crippen LogP contribution in [0.1, 0.15) is 373 Å². The van der Waals surface area contributed by atoms with E-state index in [2.05, 4.69) is 31.3 Å². The van der Waals surface area contributed by atoms with Gasteiger partial charge in [0, 0.05) is 12.8 Å². The van der Waals surface area contributed by atoms with Crippen LogP contribution in [-0.2, 0) is 14.3 Å². The van der Waals surface area contributed by atoms with Gasteiger partial charge in [0.1, 0.15) is 0 Å². The van der Waals surface area contributed by atoms with E-state index in [0.717, 1.165) is 44.9 Å². The zero-order valence-corrected chi connectivity index (χ0v) is 50.1. The average Bonchev–Trinajstić information content (AvgIpc) is 3.40. The molecule has 6 heteroatoms. The lowest BCUT2D eigenvalue weighted by molar-refractivity contribution is -0.143. The summed E-state index contributed by atoms with van der Waals surface area (Å²) < 4.78 is 5.50. The van der Waals surface area contributed by atoms with Crippen molar-refractivity contribution in [3.05, 3.63) is 24.3 Å². The Bertz CT molecular complexity index is 1150. The van der Waals surface area contributed by atoms with E-state index in [4.69, 9.17) is 4.74 Å². The Morgan fingerprint density at radius 1 is 0.365 bits per heavy atom. The number of rotatable bonds is 63. The predicted molar refractivity (Wildman–Crippen MR) is 324 cm³/mol. The van der Waals surface area contributed by atoms with E-state index in [1.54, 1.807) is 6.08 Å². The zero-order valence-electron chi connectivity index (χ0n) is 50.1. The van der Waals surface area contributed by atoms with Crippen molar-refractivity contribution in [2.75, 3.05) is 13.2 Å². The van der Waals surface area contributed by atoms with E-state index in [1.807, 2.05) is 6.08 Å². The molecule has 2 unspecified atom stereocenters. The molecule has 0 aromatic heterocycles. The number of unbranched alkanes of at least 4 members (excludes halogenated alkanes) is 50. The van der Waals surface area contributed by atoms with Gasteiger partial charge in [0.25, 0.3) is 0 Å². The fourth-order valence-electron chi connectivity index (χ4n) is 10.6. The van der Waals surface area contributed by atoms with Crippen LogP contribution in [0.25, 0.3) is 0 Å². The Labute approximate surface area is 462 Å². The maximum atomic E-state index is 12.4. The largest absolute Gasteiger partial charge is 0.466 e. The summed E-state index contributed by atoms with van der Waals surface area (Å²) in [5.41, 5.74) is 0. The Morgan fingerprint density at radius 3 is 0.959 bits per heavy atom. The zero-order chi connectivity index (χ0) is 53.6. The quantitative estimate of drug-likeness (QED) is 0.0320. The molecule has 0 bridgehead atoms. The molecule has 0 aliphatic heterocycles. The minimum absolute atomic E-state index is 0.0152. The van der Waals surface area contributed by atoms with Crippen LogP contribution in [-0.4, -0.2) is 47.4 Å². The number of hydrogen-bond acceptors (Lipinski definition) is 5. The van der Waals surface area contributed by atoms with Gasteiger partial charge in [-0.3, -0.25) is 9.59 Å². The Hall–Kier alpha value is -1.66. The second-order valence-corrected chi connectivity index (χ2v) is 23.2. The van der Waals surface area contributed by atoms with E-state index in [9.17, 15) is 19.8 Å². The van der Waals surface area contributed by atoms with Gasteiger partial charge < -0.3 is 20.3 Å². The summed E-state index contributed by atoms with van der Waals surface area (Å²) in [5.74, 6) is -0.0493. The lowest BCUT2D eigenvalue weighted by Crippen LogP contribution is -2.45. The van der Waals surface area contributed by atoms with Crippen molar-refractivity contribution >= 4 is 11.9 Å². The van der Waals surface area contributed by atoms with Crippen molar-refractivity contribution in [2.45, 2.75) is 386 Å². The molecule has 74 heavy (non-hydrogen) atoms. The van der Waals surface area contributed by atoms with Gasteiger partial charge in [-0.25, -0.2) is 0 Å². The molecule has 0 saturated carbocycles. The first-order valence-electron chi connectivity index (χ1n) is 33.6. The predicted octanol–water partition coefficient (Wildman–Crippen LogP) is 21.4. The number of allylic oxidation sites excluding steroid dienone is 3. The number of nitrogens with one attached hydrogen (secondary N) is 1. The van der Waals surface area contributed by atoms with Gasteiger partial charge in [-0.05, 0) is 57.8 Å². The third-order valence-corrected chi connectivity index (χ3v) is 15.7. The fraction of sp³-hybridized carbons (Fsp3) is 0.912. The van der Waals surface area contributed by atoms with E-state index in [1.165, 1.54) is 302 Å². The van der Waals surface area contributed by atoms with Gasteiger partial charge in [-0.15, -0.1) is 0 Å². The average molecular weight is 1040 g/mol. The number of amides is 1. The number of esters is 1. The first-order valence-corrected chi connectivity index (χ1v) is 33.6. The van der Waals surface area contributed by atoms with Gasteiger partial charge in [0.2, 0.25) is 5.91 Å². The van der Waals surface area contributed by atoms with Crippen LogP contribution < -0.4 is 5.32 Å².